The van der Waals surface area contributed by atoms with Crippen LogP contribution in [0.1, 0.15) is 32.6 Å². The molecule has 2 amide bonds. The molecule has 2 aliphatic heterocycles. The van der Waals surface area contributed by atoms with Crippen LogP contribution in [0.15, 0.2) is 12.1 Å². The first-order valence-electron chi connectivity index (χ1n) is 8.36. The number of likely N-dealkylation sites (tertiary alicyclic amines) is 1. The minimum Gasteiger partial charge on any atom is -0.454 e. The number of hydrogen-bond donors (Lipinski definition) is 2. The predicted molar refractivity (Wildman–Crippen MR) is 89.8 cm³/mol. The quantitative estimate of drug-likeness (QED) is 0.822. The van der Waals surface area contributed by atoms with Gasteiger partial charge < -0.3 is 25.4 Å². The van der Waals surface area contributed by atoms with Crippen LogP contribution in [0.4, 0.5) is 11.4 Å². The van der Waals surface area contributed by atoms with Crippen molar-refractivity contribution in [3.63, 3.8) is 0 Å². The molecule has 1 atom stereocenters. The minimum atomic E-state index is -0.218. The number of carbonyl (C=O) groups is 2. The molecular formula is C17H23N3O4. The lowest BCUT2D eigenvalue weighted by atomic mass is 9.96. The van der Waals surface area contributed by atoms with Gasteiger partial charge in [0.2, 0.25) is 18.6 Å². The number of amides is 2. The lowest BCUT2D eigenvalue weighted by Gasteiger charge is -2.32. The first-order chi connectivity index (χ1) is 11.6. The molecule has 1 aromatic rings. The summed E-state index contributed by atoms with van der Waals surface area (Å²) in [7, 11) is 0. The number of ether oxygens (including phenoxy) is 2. The molecule has 2 aliphatic rings. The van der Waals surface area contributed by atoms with Crippen molar-refractivity contribution in [1.29, 1.82) is 0 Å². The summed E-state index contributed by atoms with van der Waals surface area (Å²) in [4.78, 5) is 26.4. The molecule has 3 N–H and O–H groups in total. The van der Waals surface area contributed by atoms with E-state index in [0.29, 0.717) is 35.8 Å². The van der Waals surface area contributed by atoms with Crippen molar-refractivity contribution in [2.24, 2.45) is 5.92 Å². The van der Waals surface area contributed by atoms with Crippen molar-refractivity contribution in [2.45, 2.75) is 32.6 Å². The second kappa shape index (κ2) is 6.98. The molecule has 7 heteroatoms. The Morgan fingerprint density at radius 2 is 2.08 bits per heavy atom. The van der Waals surface area contributed by atoms with E-state index < -0.39 is 0 Å². The highest BCUT2D eigenvalue weighted by Gasteiger charge is 2.28. The number of hydrogen-bond acceptors (Lipinski definition) is 5. The fourth-order valence-corrected chi connectivity index (χ4v) is 3.09. The molecule has 7 nitrogen and oxygen atoms in total. The molecule has 24 heavy (non-hydrogen) atoms. The van der Waals surface area contributed by atoms with Gasteiger partial charge >= 0.3 is 0 Å². The van der Waals surface area contributed by atoms with Crippen LogP contribution in [0.2, 0.25) is 0 Å². The van der Waals surface area contributed by atoms with Crippen LogP contribution < -0.4 is 20.5 Å². The van der Waals surface area contributed by atoms with Gasteiger partial charge in [-0.15, -0.1) is 0 Å². The molecule has 0 spiro atoms. The van der Waals surface area contributed by atoms with Gasteiger partial charge in [-0.3, -0.25) is 9.59 Å². The van der Waals surface area contributed by atoms with Crippen molar-refractivity contribution in [1.82, 2.24) is 4.90 Å². The lowest BCUT2D eigenvalue weighted by molar-refractivity contribution is -0.134. The zero-order valence-electron chi connectivity index (χ0n) is 13.8. The molecule has 0 aromatic heterocycles. The number of piperidine rings is 1. The fraction of sp³-hybridized carbons (Fsp3) is 0.529. The Kier molecular flexibility index (Phi) is 4.78. The van der Waals surface area contributed by atoms with Gasteiger partial charge in [0, 0.05) is 31.6 Å². The number of rotatable bonds is 4. The summed E-state index contributed by atoms with van der Waals surface area (Å²) in [6, 6.07) is 3.33. The van der Waals surface area contributed by atoms with Crippen LogP contribution in [0.25, 0.3) is 0 Å². The van der Waals surface area contributed by atoms with Crippen molar-refractivity contribution in [2.75, 3.05) is 30.9 Å². The van der Waals surface area contributed by atoms with Gasteiger partial charge in [0.05, 0.1) is 17.3 Å². The second-order valence-corrected chi connectivity index (χ2v) is 6.21. The van der Waals surface area contributed by atoms with Crippen molar-refractivity contribution >= 4 is 23.2 Å². The molecule has 0 aliphatic carbocycles. The van der Waals surface area contributed by atoms with Gasteiger partial charge in [-0.2, -0.15) is 0 Å². The van der Waals surface area contributed by atoms with Gasteiger partial charge in [-0.25, -0.2) is 0 Å². The maximum absolute atomic E-state index is 12.6. The average Bonchev–Trinajstić information content (AvgIpc) is 3.02. The lowest BCUT2D eigenvalue weighted by Crippen LogP contribution is -2.43. The zero-order valence-corrected chi connectivity index (χ0v) is 13.8. The zero-order chi connectivity index (χ0) is 17.1. The summed E-state index contributed by atoms with van der Waals surface area (Å²) in [5, 5.41) is 2.86. The van der Waals surface area contributed by atoms with Gasteiger partial charge in [0.15, 0.2) is 11.5 Å². The minimum absolute atomic E-state index is 0.116. The summed E-state index contributed by atoms with van der Waals surface area (Å²) >= 11 is 0. The number of nitrogens with two attached hydrogens (primary N) is 1. The Morgan fingerprint density at radius 3 is 2.83 bits per heavy atom. The maximum atomic E-state index is 12.6. The molecule has 3 rings (SSSR count). The van der Waals surface area contributed by atoms with Crippen molar-refractivity contribution < 1.29 is 19.1 Å². The van der Waals surface area contributed by atoms with Gasteiger partial charge in [0.25, 0.3) is 0 Å². The summed E-state index contributed by atoms with van der Waals surface area (Å²) in [6.45, 7) is 3.33. The number of nitrogen functional groups attached to an aromatic ring is 1. The standard InChI is InChI=1S/C17H23N3O4/c1-2-4-16(21)20-6-3-5-11(9-20)17(22)19-13-8-15-14(7-12(13)18)23-10-24-15/h7-8,11H,2-6,9-10,18H2,1H3,(H,19,22). The highest BCUT2D eigenvalue weighted by atomic mass is 16.7. The Bertz CT molecular complexity index is 647. The van der Waals surface area contributed by atoms with E-state index in [2.05, 4.69) is 5.32 Å². The number of fused-ring (bicyclic) bond motifs is 1. The Balaban J connectivity index is 1.65. The number of carbonyl (C=O) groups excluding carboxylic acids is 2. The number of nitrogens with one attached hydrogen (secondary N) is 1. The third-order valence-corrected chi connectivity index (χ3v) is 4.41. The SMILES string of the molecule is CCCC(=O)N1CCCC(C(=O)Nc2cc3c(cc2N)OCO3)C1. The molecule has 0 saturated carbocycles. The van der Waals surface area contributed by atoms with Crippen LogP contribution in [0.3, 0.4) is 0 Å². The molecule has 0 bridgehead atoms. The Hall–Kier alpha value is -2.44. The van der Waals surface area contributed by atoms with Crippen LogP contribution >= 0.6 is 0 Å². The van der Waals surface area contributed by atoms with Gasteiger partial charge in [0.1, 0.15) is 0 Å². The first-order valence-corrected chi connectivity index (χ1v) is 8.36. The normalized spacial score (nSPS) is 19.2. The highest BCUT2D eigenvalue weighted by Crippen LogP contribution is 2.38. The third-order valence-electron chi connectivity index (χ3n) is 4.41. The van der Waals surface area contributed by atoms with E-state index in [1.807, 2.05) is 6.92 Å². The number of benzene rings is 1. The van der Waals surface area contributed by atoms with E-state index in [-0.39, 0.29) is 24.5 Å². The summed E-state index contributed by atoms with van der Waals surface area (Å²) in [5.41, 5.74) is 6.92. The van der Waals surface area contributed by atoms with E-state index in [1.54, 1.807) is 17.0 Å². The number of anilines is 2. The largest absolute Gasteiger partial charge is 0.454 e. The van der Waals surface area contributed by atoms with E-state index in [9.17, 15) is 9.59 Å². The molecular weight excluding hydrogens is 310 g/mol. The van der Waals surface area contributed by atoms with Crippen LogP contribution in [-0.2, 0) is 9.59 Å². The summed E-state index contributed by atoms with van der Waals surface area (Å²) in [5.74, 6) is 0.943. The van der Waals surface area contributed by atoms with E-state index in [4.69, 9.17) is 15.2 Å². The topological polar surface area (TPSA) is 93.9 Å². The molecule has 0 radical (unpaired) electrons. The second-order valence-electron chi connectivity index (χ2n) is 6.21. The summed E-state index contributed by atoms with van der Waals surface area (Å²) in [6.07, 6.45) is 2.96. The van der Waals surface area contributed by atoms with E-state index in [0.717, 1.165) is 25.8 Å². The Labute approximate surface area is 141 Å². The Morgan fingerprint density at radius 1 is 1.33 bits per heavy atom. The summed E-state index contributed by atoms with van der Waals surface area (Å²) < 4.78 is 10.6. The van der Waals surface area contributed by atoms with Crippen LogP contribution in [0, 0.1) is 5.92 Å². The van der Waals surface area contributed by atoms with E-state index >= 15 is 0 Å². The smallest absolute Gasteiger partial charge is 0.231 e. The third kappa shape index (κ3) is 3.39. The van der Waals surface area contributed by atoms with Crippen LogP contribution in [0.5, 0.6) is 11.5 Å². The molecule has 1 unspecified atom stereocenters. The molecule has 1 fully saturated rings. The van der Waals surface area contributed by atoms with Crippen molar-refractivity contribution in [3.8, 4) is 11.5 Å². The van der Waals surface area contributed by atoms with Gasteiger partial charge in [-0.1, -0.05) is 6.92 Å². The maximum Gasteiger partial charge on any atom is 0.231 e. The molecule has 1 aromatic carbocycles. The van der Waals surface area contributed by atoms with Crippen molar-refractivity contribution in [3.05, 3.63) is 12.1 Å². The molecule has 130 valence electrons. The molecule has 1 saturated heterocycles. The first kappa shape index (κ1) is 16.4. The molecule has 2 heterocycles. The van der Waals surface area contributed by atoms with E-state index in [1.165, 1.54) is 0 Å². The van der Waals surface area contributed by atoms with Crippen LogP contribution in [-0.4, -0.2) is 36.6 Å². The predicted octanol–water partition coefficient (Wildman–Crippen LogP) is 1.97. The van der Waals surface area contributed by atoms with Gasteiger partial charge in [-0.05, 0) is 19.3 Å². The number of nitrogens with zero attached hydrogens (tertiary/aromatic N) is 1. The average molecular weight is 333 g/mol. The fourth-order valence-electron chi connectivity index (χ4n) is 3.09. The monoisotopic (exact) mass is 333 g/mol. The highest BCUT2D eigenvalue weighted by molar-refractivity contribution is 5.96.